The summed E-state index contributed by atoms with van der Waals surface area (Å²) in [4.78, 5) is 0. The molecule has 1 aliphatic carbocycles. The molecule has 0 aromatic carbocycles. The Morgan fingerprint density at radius 1 is 1.86 bits per heavy atom. The van der Waals surface area contributed by atoms with Gasteiger partial charge in [-0.25, -0.2) is 0 Å². The van der Waals surface area contributed by atoms with Gasteiger partial charge in [-0.1, -0.05) is 16.2 Å². The third-order valence-corrected chi connectivity index (χ3v) is 4.20. The standard InChI is InChI=1S/C6H9I/c1-5-4-6(5,2)7-3/h4H,3H2,1-2H3/t6-/m1/s1. The molecule has 0 heterocycles. The normalized spacial score (nSPS) is 37.7. The third-order valence-electron chi connectivity index (χ3n) is 1.45. The molecule has 40 valence electrons. The van der Waals surface area contributed by atoms with Crippen molar-refractivity contribution in [2.24, 2.45) is 0 Å². The summed E-state index contributed by atoms with van der Waals surface area (Å²) in [6, 6.07) is 0. The molecule has 0 spiro atoms. The highest BCUT2D eigenvalue weighted by Crippen LogP contribution is 2.45. The monoisotopic (exact) mass is 208 g/mol. The number of hydrogen-bond donors (Lipinski definition) is 0. The molecule has 1 heteroatoms. The summed E-state index contributed by atoms with van der Waals surface area (Å²) in [6.45, 7) is 4.45. The van der Waals surface area contributed by atoms with E-state index < -0.39 is 0 Å². The molecule has 7 heavy (non-hydrogen) atoms. The van der Waals surface area contributed by atoms with E-state index >= 15 is 0 Å². The molecule has 0 N–H and O–H groups in total. The predicted molar refractivity (Wildman–Crippen MR) is 43.3 cm³/mol. The van der Waals surface area contributed by atoms with Crippen LogP contribution in [0.4, 0.5) is 0 Å². The van der Waals surface area contributed by atoms with E-state index in [4.69, 9.17) is 0 Å². The van der Waals surface area contributed by atoms with E-state index in [-0.39, 0.29) is 20.7 Å². The van der Waals surface area contributed by atoms with E-state index in [1.54, 1.807) is 5.57 Å². The van der Waals surface area contributed by atoms with Crippen LogP contribution in [0.3, 0.4) is 0 Å². The van der Waals surface area contributed by atoms with Gasteiger partial charge in [0.2, 0.25) is 0 Å². The zero-order valence-corrected chi connectivity index (χ0v) is 6.82. The van der Waals surface area contributed by atoms with Gasteiger partial charge in [0.1, 0.15) is 0 Å². The van der Waals surface area contributed by atoms with Gasteiger partial charge in [-0.3, -0.25) is 0 Å². The Labute approximate surface area is 54.4 Å². The lowest BCUT2D eigenvalue weighted by atomic mass is 10.4. The molecule has 0 bridgehead atoms. The summed E-state index contributed by atoms with van der Waals surface area (Å²) < 4.78 is 4.47. The summed E-state index contributed by atoms with van der Waals surface area (Å²) >= 11 is 0.192. The fourth-order valence-electron chi connectivity index (χ4n) is 0.514. The molecule has 1 atom stereocenters. The lowest BCUT2D eigenvalue weighted by molar-refractivity contribution is 1.15. The highest BCUT2D eigenvalue weighted by Gasteiger charge is 2.32. The molecular weight excluding hydrogens is 199 g/mol. The van der Waals surface area contributed by atoms with Crippen molar-refractivity contribution in [2.45, 2.75) is 17.3 Å². The van der Waals surface area contributed by atoms with Crippen molar-refractivity contribution in [1.82, 2.24) is 0 Å². The molecule has 0 amide bonds. The van der Waals surface area contributed by atoms with Gasteiger partial charge in [0.15, 0.2) is 0 Å². The van der Waals surface area contributed by atoms with E-state index in [0.717, 1.165) is 0 Å². The van der Waals surface area contributed by atoms with E-state index in [0.29, 0.717) is 3.42 Å². The lowest BCUT2D eigenvalue weighted by Gasteiger charge is -1.97. The Morgan fingerprint density at radius 3 is 2.29 bits per heavy atom. The summed E-state index contributed by atoms with van der Waals surface area (Å²) in [6.07, 6.45) is 2.31. The van der Waals surface area contributed by atoms with Crippen LogP contribution in [0.2, 0.25) is 0 Å². The Balaban J connectivity index is 2.59. The first-order valence-corrected chi connectivity index (χ1v) is 4.89. The van der Waals surface area contributed by atoms with Crippen molar-refractivity contribution < 1.29 is 0 Å². The van der Waals surface area contributed by atoms with Crippen molar-refractivity contribution in [3.63, 3.8) is 0 Å². The highest BCUT2D eigenvalue weighted by atomic mass is 127. The van der Waals surface area contributed by atoms with Crippen LogP contribution in [0.1, 0.15) is 13.8 Å². The molecular formula is C6H9I. The summed E-state index contributed by atoms with van der Waals surface area (Å²) in [5.74, 6) is 0. The maximum atomic E-state index is 3.93. The molecule has 0 radical (unpaired) electrons. The zero-order chi connectivity index (χ0) is 5.49. The van der Waals surface area contributed by atoms with Gasteiger partial charge < -0.3 is 0 Å². The number of alkyl halides is 1. The minimum atomic E-state index is 0.192. The Morgan fingerprint density at radius 2 is 2.29 bits per heavy atom. The molecule has 0 aromatic rings. The predicted octanol–water partition coefficient (Wildman–Crippen LogP) is 2.11. The molecule has 0 nitrogen and oxygen atoms in total. The molecule has 0 aromatic heterocycles. The average Bonchev–Trinajstić information content (AvgIpc) is 2.18. The van der Waals surface area contributed by atoms with Crippen LogP contribution < -0.4 is 0 Å². The Hall–Kier alpha value is 0.340. The molecule has 1 aliphatic rings. The fraction of sp³-hybridized carbons (Fsp3) is 0.500. The van der Waals surface area contributed by atoms with Gasteiger partial charge in [0.05, 0.1) is 3.42 Å². The third kappa shape index (κ3) is 0.784. The molecule has 0 saturated carbocycles. The maximum absolute atomic E-state index is 3.93. The summed E-state index contributed by atoms with van der Waals surface area (Å²) in [7, 11) is 0. The highest BCUT2D eigenvalue weighted by molar-refractivity contribution is 14.2. The molecule has 0 fully saturated rings. The smallest absolute Gasteiger partial charge is 0.0529 e. The first-order chi connectivity index (χ1) is 3.19. The fourth-order valence-corrected chi connectivity index (χ4v) is 1.80. The second kappa shape index (κ2) is 1.41. The maximum Gasteiger partial charge on any atom is 0.0529 e. The van der Waals surface area contributed by atoms with Crippen molar-refractivity contribution in [2.75, 3.05) is 0 Å². The number of halogens is 1. The quantitative estimate of drug-likeness (QED) is 0.351. The number of allylic oxidation sites excluding steroid dienone is 2. The first-order valence-electron chi connectivity index (χ1n) is 2.28. The van der Waals surface area contributed by atoms with Gasteiger partial charge in [-0.2, -0.15) is 0 Å². The van der Waals surface area contributed by atoms with Crippen molar-refractivity contribution >= 4 is 25.2 Å². The topological polar surface area (TPSA) is 0 Å². The van der Waals surface area contributed by atoms with Crippen LogP contribution in [0, 0.1) is 0 Å². The zero-order valence-electron chi connectivity index (χ0n) is 4.66. The number of hydrogen-bond acceptors (Lipinski definition) is 0. The average molecular weight is 208 g/mol. The minimum absolute atomic E-state index is 0.192. The van der Waals surface area contributed by atoms with E-state index in [1.807, 2.05) is 0 Å². The Kier molecular flexibility index (Phi) is 1.10. The van der Waals surface area contributed by atoms with E-state index in [1.165, 1.54) is 0 Å². The molecule has 0 aliphatic heterocycles. The van der Waals surface area contributed by atoms with Crippen LogP contribution in [0.5, 0.6) is 0 Å². The van der Waals surface area contributed by atoms with Crippen LogP contribution in [0.25, 0.3) is 0 Å². The SMILES string of the molecule is C=I[C@]1(C)C=C1C. The number of rotatable bonds is 1. The first kappa shape index (κ1) is 5.48. The van der Waals surface area contributed by atoms with Crippen LogP contribution in [-0.2, 0) is 0 Å². The summed E-state index contributed by atoms with van der Waals surface area (Å²) in [5, 5.41) is 0. The Bertz CT molecular complexity index is 135. The molecule has 0 saturated heterocycles. The van der Waals surface area contributed by atoms with Crippen molar-refractivity contribution in [1.29, 1.82) is 0 Å². The van der Waals surface area contributed by atoms with Gasteiger partial charge >= 0.3 is 0 Å². The lowest BCUT2D eigenvalue weighted by Crippen LogP contribution is -1.90. The van der Waals surface area contributed by atoms with Gasteiger partial charge in [0.25, 0.3) is 0 Å². The van der Waals surface area contributed by atoms with E-state index in [9.17, 15) is 0 Å². The van der Waals surface area contributed by atoms with Gasteiger partial charge in [-0.15, -0.1) is 20.7 Å². The van der Waals surface area contributed by atoms with Gasteiger partial charge in [-0.05, 0) is 13.8 Å². The van der Waals surface area contributed by atoms with E-state index in [2.05, 4.69) is 24.4 Å². The van der Waals surface area contributed by atoms with Crippen molar-refractivity contribution in [3.8, 4) is 0 Å². The molecule has 1 rings (SSSR count). The van der Waals surface area contributed by atoms with Crippen LogP contribution >= 0.6 is 20.7 Å². The second-order valence-electron chi connectivity index (χ2n) is 2.04. The summed E-state index contributed by atoms with van der Waals surface area (Å²) in [5.41, 5.74) is 1.55. The minimum Gasteiger partial charge on any atom is -0.115 e. The van der Waals surface area contributed by atoms with Gasteiger partial charge in [0, 0.05) is 0 Å². The largest absolute Gasteiger partial charge is 0.115 e. The van der Waals surface area contributed by atoms with Crippen LogP contribution in [-0.4, -0.2) is 7.94 Å². The van der Waals surface area contributed by atoms with Crippen LogP contribution in [0.15, 0.2) is 11.6 Å². The molecule has 0 unspecified atom stereocenters. The second-order valence-corrected chi connectivity index (χ2v) is 5.04. The van der Waals surface area contributed by atoms with Crippen molar-refractivity contribution in [3.05, 3.63) is 11.6 Å².